The van der Waals surface area contributed by atoms with Crippen molar-refractivity contribution in [3.8, 4) is 0 Å². The molecular weight excluding hydrogens is 318 g/mol. The van der Waals surface area contributed by atoms with Crippen molar-refractivity contribution >= 4 is 11.8 Å². The molecule has 0 aliphatic carbocycles. The van der Waals surface area contributed by atoms with Gasteiger partial charge >= 0.3 is 0 Å². The molecule has 2 saturated heterocycles. The Balaban J connectivity index is 1.54. The molecule has 3 heterocycles. The molecule has 0 unspecified atom stereocenters. The monoisotopic (exact) mass is 345 g/mol. The maximum atomic E-state index is 12.4. The number of hydrogen-bond donors (Lipinski definition) is 1. The number of carbonyl (C=O) groups is 2. The number of hydrogen-bond acceptors (Lipinski definition) is 5. The summed E-state index contributed by atoms with van der Waals surface area (Å²) in [6, 6.07) is 1.95. The lowest BCUT2D eigenvalue weighted by molar-refractivity contribution is -0.133. The molecule has 136 valence electrons. The normalized spacial score (nSPS) is 24.0. The van der Waals surface area contributed by atoms with Crippen molar-refractivity contribution in [1.29, 1.82) is 0 Å². The average Bonchev–Trinajstić information content (AvgIpc) is 3.15. The van der Waals surface area contributed by atoms with E-state index in [0.29, 0.717) is 25.4 Å². The van der Waals surface area contributed by atoms with Gasteiger partial charge in [-0.1, -0.05) is 13.3 Å². The Morgan fingerprint density at radius 1 is 1.32 bits per heavy atom. The van der Waals surface area contributed by atoms with E-state index in [1.165, 1.54) is 0 Å². The molecule has 3 rings (SSSR count). The number of aromatic nitrogens is 2. The van der Waals surface area contributed by atoms with Crippen LogP contribution in [0.3, 0.4) is 0 Å². The third-order valence-electron chi connectivity index (χ3n) is 5.01. The molecule has 2 amide bonds. The second-order valence-corrected chi connectivity index (χ2v) is 7.00. The van der Waals surface area contributed by atoms with Gasteiger partial charge in [0.15, 0.2) is 0 Å². The molecular formula is C18H27N5O2. The fourth-order valence-electron chi connectivity index (χ4n) is 3.83. The van der Waals surface area contributed by atoms with Crippen LogP contribution in [0.4, 0.5) is 0 Å². The van der Waals surface area contributed by atoms with Crippen molar-refractivity contribution in [3.05, 3.63) is 24.3 Å². The molecule has 0 saturated carbocycles. The highest BCUT2D eigenvalue weighted by atomic mass is 16.2. The van der Waals surface area contributed by atoms with Gasteiger partial charge in [-0.2, -0.15) is 0 Å². The van der Waals surface area contributed by atoms with Crippen molar-refractivity contribution in [3.63, 3.8) is 0 Å². The standard InChI is InChI=1S/C18H27N5O2/c1-2-5-14-10-22(12-16-19-7-4-8-20-16)11-15(14)21-17(24)13-23-9-3-6-18(23)25/h4,7-8,14-15H,2-3,5-6,9-13H2,1H3,(H,21,24)/t14-,15-/m1/s1. The van der Waals surface area contributed by atoms with Gasteiger partial charge in [-0.25, -0.2) is 9.97 Å². The summed E-state index contributed by atoms with van der Waals surface area (Å²) in [6.45, 7) is 5.52. The lowest BCUT2D eigenvalue weighted by Gasteiger charge is -2.21. The Labute approximate surface area is 148 Å². The number of carbonyl (C=O) groups excluding carboxylic acids is 2. The van der Waals surface area contributed by atoms with Gasteiger partial charge in [-0.05, 0) is 24.8 Å². The number of likely N-dealkylation sites (tertiary alicyclic amines) is 2. The largest absolute Gasteiger partial charge is 0.350 e. The Hall–Kier alpha value is -2.02. The third kappa shape index (κ3) is 4.75. The van der Waals surface area contributed by atoms with Gasteiger partial charge in [-0.15, -0.1) is 0 Å². The molecule has 7 nitrogen and oxygen atoms in total. The van der Waals surface area contributed by atoms with Crippen LogP contribution in [0.25, 0.3) is 0 Å². The lowest BCUT2D eigenvalue weighted by Crippen LogP contribution is -2.45. The van der Waals surface area contributed by atoms with Crippen molar-refractivity contribution in [2.24, 2.45) is 5.92 Å². The zero-order valence-electron chi connectivity index (χ0n) is 14.9. The van der Waals surface area contributed by atoms with Crippen LogP contribution >= 0.6 is 0 Å². The Bertz CT molecular complexity index is 594. The maximum absolute atomic E-state index is 12.4. The van der Waals surface area contributed by atoms with E-state index < -0.39 is 0 Å². The second-order valence-electron chi connectivity index (χ2n) is 7.00. The van der Waals surface area contributed by atoms with Crippen molar-refractivity contribution in [2.75, 3.05) is 26.2 Å². The molecule has 2 fully saturated rings. The Morgan fingerprint density at radius 2 is 2.12 bits per heavy atom. The highest BCUT2D eigenvalue weighted by molar-refractivity contribution is 5.86. The quantitative estimate of drug-likeness (QED) is 0.791. The summed E-state index contributed by atoms with van der Waals surface area (Å²) >= 11 is 0. The lowest BCUT2D eigenvalue weighted by atomic mass is 9.98. The van der Waals surface area contributed by atoms with Crippen molar-refractivity contribution < 1.29 is 9.59 Å². The minimum Gasteiger partial charge on any atom is -0.350 e. The number of rotatable bonds is 7. The number of amides is 2. The summed E-state index contributed by atoms with van der Waals surface area (Å²) in [5.41, 5.74) is 0. The number of nitrogens with zero attached hydrogens (tertiary/aromatic N) is 4. The SMILES string of the molecule is CCC[C@@H]1CN(Cc2ncccn2)C[C@H]1NC(=O)CN1CCCC1=O. The maximum Gasteiger partial charge on any atom is 0.239 e. The second kappa shape index (κ2) is 8.38. The summed E-state index contributed by atoms with van der Waals surface area (Å²) in [6.07, 6.45) is 7.12. The van der Waals surface area contributed by atoms with Crippen LogP contribution < -0.4 is 5.32 Å². The van der Waals surface area contributed by atoms with Crippen LogP contribution in [-0.2, 0) is 16.1 Å². The smallest absolute Gasteiger partial charge is 0.239 e. The van der Waals surface area contributed by atoms with Crippen LogP contribution in [0, 0.1) is 5.92 Å². The van der Waals surface area contributed by atoms with Crippen molar-refractivity contribution in [1.82, 2.24) is 25.1 Å². The Kier molecular flexibility index (Phi) is 5.96. The number of nitrogens with one attached hydrogen (secondary N) is 1. The van der Waals surface area contributed by atoms with Crippen LogP contribution in [0.5, 0.6) is 0 Å². The van der Waals surface area contributed by atoms with E-state index in [2.05, 4.69) is 27.1 Å². The van der Waals surface area contributed by atoms with Crippen LogP contribution in [0.15, 0.2) is 18.5 Å². The van der Waals surface area contributed by atoms with Gasteiger partial charge < -0.3 is 10.2 Å². The third-order valence-corrected chi connectivity index (χ3v) is 5.01. The molecule has 1 aromatic rings. The molecule has 1 N–H and O–H groups in total. The molecule has 25 heavy (non-hydrogen) atoms. The first kappa shape index (κ1) is 17.8. The van der Waals surface area contributed by atoms with Gasteiger partial charge in [0.25, 0.3) is 0 Å². The van der Waals surface area contributed by atoms with Gasteiger partial charge in [-0.3, -0.25) is 14.5 Å². The molecule has 2 aliphatic rings. The van der Waals surface area contributed by atoms with E-state index in [0.717, 1.165) is 38.2 Å². The van der Waals surface area contributed by atoms with E-state index in [-0.39, 0.29) is 24.4 Å². The van der Waals surface area contributed by atoms with Crippen LogP contribution in [-0.4, -0.2) is 63.8 Å². The van der Waals surface area contributed by atoms with Crippen LogP contribution in [0.1, 0.15) is 38.4 Å². The predicted molar refractivity (Wildman–Crippen MR) is 93.5 cm³/mol. The molecule has 0 bridgehead atoms. The topological polar surface area (TPSA) is 78.4 Å². The zero-order chi connectivity index (χ0) is 17.6. The Morgan fingerprint density at radius 3 is 2.80 bits per heavy atom. The molecule has 0 aromatic carbocycles. The van der Waals surface area contributed by atoms with E-state index in [9.17, 15) is 9.59 Å². The van der Waals surface area contributed by atoms with Gasteiger partial charge in [0.2, 0.25) is 11.8 Å². The summed E-state index contributed by atoms with van der Waals surface area (Å²) in [5, 5.41) is 3.16. The van der Waals surface area contributed by atoms with E-state index >= 15 is 0 Å². The average molecular weight is 345 g/mol. The van der Waals surface area contributed by atoms with Gasteiger partial charge in [0, 0.05) is 44.5 Å². The molecule has 2 atom stereocenters. The first-order valence-corrected chi connectivity index (χ1v) is 9.21. The molecule has 0 radical (unpaired) electrons. The highest BCUT2D eigenvalue weighted by Gasteiger charge is 2.34. The minimum atomic E-state index is -0.0424. The van der Waals surface area contributed by atoms with E-state index in [1.54, 1.807) is 17.3 Å². The van der Waals surface area contributed by atoms with Crippen molar-refractivity contribution in [2.45, 2.75) is 45.2 Å². The molecule has 0 spiro atoms. The fourth-order valence-corrected chi connectivity index (χ4v) is 3.83. The molecule has 2 aliphatic heterocycles. The fraction of sp³-hybridized carbons (Fsp3) is 0.667. The molecule has 1 aromatic heterocycles. The zero-order valence-corrected chi connectivity index (χ0v) is 14.9. The highest BCUT2D eigenvalue weighted by Crippen LogP contribution is 2.23. The summed E-state index contributed by atoms with van der Waals surface area (Å²) < 4.78 is 0. The predicted octanol–water partition coefficient (Wildman–Crippen LogP) is 0.816. The summed E-state index contributed by atoms with van der Waals surface area (Å²) in [5.74, 6) is 1.30. The van der Waals surface area contributed by atoms with Gasteiger partial charge in [0.1, 0.15) is 5.82 Å². The first-order chi connectivity index (χ1) is 12.2. The molecule has 7 heteroatoms. The van der Waals surface area contributed by atoms with Gasteiger partial charge in [0.05, 0.1) is 13.1 Å². The van der Waals surface area contributed by atoms with E-state index in [4.69, 9.17) is 0 Å². The summed E-state index contributed by atoms with van der Waals surface area (Å²) in [7, 11) is 0. The minimum absolute atomic E-state index is 0.0424. The first-order valence-electron chi connectivity index (χ1n) is 9.21. The van der Waals surface area contributed by atoms with E-state index in [1.807, 2.05) is 6.07 Å². The summed E-state index contributed by atoms with van der Waals surface area (Å²) in [4.78, 5) is 36.6. The van der Waals surface area contributed by atoms with Crippen LogP contribution in [0.2, 0.25) is 0 Å².